The van der Waals surface area contributed by atoms with Crippen molar-refractivity contribution in [2.45, 2.75) is 13.1 Å². The van der Waals surface area contributed by atoms with Gasteiger partial charge in [0.15, 0.2) is 9.04 Å². The fourth-order valence-electron chi connectivity index (χ4n) is 0. The molecule has 4 heteroatoms. The Morgan fingerprint density at radius 1 is 1.67 bits per heavy atom. The van der Waals surface area contributed by atoms with Gasteiger partial charge in [0.1, 0.15) is 10.5 Å². The van der Waals surface area contributed by atoms with E-state index in [1.54, 1.807) is 0 Å². The summed E-state index contributed by atoms with van der Waals surface area (Å²) < 4.78 is 5.03. The summed E-state index contributed by atoms with van der Waals surface area (Å²) >= 11 is 0. The second-order valence-corrected chi connectivity index (χ2v) is 5.27. The second-order valence-electron chi connectivity index (χ2n) is 1.28. The van der Waals surface area contributed by atoms with Crippen LogP contribution in [0.15, 0.2) is 0 Å². The standard InChI is InChI=1S/C2H10OSi2.Na.H/c1-5(2)3-4;;/h5H,1-2,4H3;;/q;+1;-1. The van der Waals surface area contributed by atoms with Crippen molar-refractivity contribution in [3.63, 3.8) is 0 Å². The van der Waals surface area contributed by atoms with E-state index in [-0.39, 0.29) is 31.0 Å². The molecule has 0 saturated carbocycles. The molecular weight excluding hydrogens is 119 g/mol. The third-order valence-electron chi connectivity index (χ3n) is 0.471. The van der Waals surface area contributed by atoms with Crippen LogP contribution in [0, 0.1) is 0 Å². The monoisotopic (exact) mass is 130 g/mol. The fourth-order valence-corrected chi connectivity index (χ4v) is 0. The largest absolute Gasteiger partial charge is 1.00 e. The van der Waals surface area contributed by atoms with Crippen LogP contribution in [0.1, 0.15) is 1.43 Å². The minimum Gasteiger partial charge on any atom is -1.00 e. The number of hydrogen-bond acceptors (Lipinski definition) is 1. The molecule has 0 aromatic heterocycles. The van der Waals surface area contributed by atoms with Crippen molar-refractivity contribution < 1.29 is 35.1 Å². The Morgan fingerprint density at radius 2 is 1.83 bits per heavy atom. The molecule has 0 aliphatic heterocycles. The van der Waals surface area contributed by atoms with Crippen LogP contribution in [0.5, 0.6) is 0 Å². The van der Waals surface area contributed by atoms with Crippen LogP contribution in [-0.4, -0.2) is 19.5 Å². The molecule has 0 N–H and O–H groups in total. The van der Waals surface area contributed by atoms with Crippen LogP contribution in [-0.2, 0) is 4.12 Å². The molecule has 0 spiro atoms. The van der Waals surface area contributed by atoms with Crippen molar-refractivity contribution in [3.05, 3.63) is 0 Å². The van der Waals surface area contributed by atoms with Gasteiger partial charge in [-0.15, -0.1) is 0 Å². The van der Waals surface area contributed by atoms with Gasteiger partial charge >= 0.3 is 29.6 Å². The van der Waals surface area contributed by atoms with Crippen molar-refractivity contribution in [3.8, 4) is 0 Å². The molecule has 0 atom stereocenters. The normalized spacial score (nSPS) is 8.50. The van der Waals surface area contributed by atoms with Crippen LogP contribution in [0.25, 0.3) is 0 Å². The SMILES string of the molecule is C[SiH](C)O[SiH3].[H-].[Na+]. The molecule has 0 radical (unpaired) electrons. The maximum Gasteiger partial charge on any atom is 1.00 e. The van der Waals surface area contributed by atoms with E-state index >= 15 is 0 Å². The van der Waals surface area contributed by atoms with E-state index in [1.807, 2.05) is 0 Å². The first-order valence-corrected chi connectivity index (χ1v) is 5.40. The van der Waals surface area contributed by atoms with Gasteiger partial charge in [0.2, 0.25) is 0 Å². The van der Waals surface area contributed by atoms with Gasteiger partial charge in [-0.05, 0) is 13.1 Å². The quantitative estimate of drug-likeness (QED) is 0.333. The fraction of sp³-hybridized carbons (Fsp3) is 1.00. The third kappa shape index (κ3) is 9.04. The first-order chi connectivity index (χ1) is 2.27. The Bertz CT molecular complexity index is 29.7. The van der Waals surface area contributed by atoms with Crippen LogP contribution in [0.2, 0.25) is 13.1 Å². The van der Waals surface area contributed by atoms with Crippen LogP contribution < -0.4 is 29.6 Å². The Labute approximate surface area is 67.5 Å². The molecule has 0 fully saturated rings. The summed E-state index contributed by atoms with van der Waals surface area (Å²) in [6.45, 7) is 4.35. The van der Waals surface area contributed by atoms with Crippen molar-refractivity contribution in [1.82, 2.24) is 0 Å². The first-order valence-electron chi connectivity index (χ1n) is 1.80. The van der Waals surface area contributed by atoms with Crippen LogP contribution in [0.4, 0.5) is 0 Å². The molecule has 0 saturated heterocycles. The van der Waals surface area contributed by atoms with E-state index in [4.69, 9.17) is 4.12 Å². The topological polar surface area (TPSA) is 9.23 Å². The molecule has 0 aromatic rings. The maximum absolute atomic E-state index is 5.03. The molecule has 0 aliphatic rings. The zero-order valence-electron chi connectivity index (χ0n) is 5.99. The van der Waals surface area contributed by atoms with E-state index in [0.29, 0.717) is 0 Å². The molecule has 6 heavy (non-hydrogen) atoms. The Kier molecular flexibility index (Phi) is 11.1. The summed E-state index contributed by atoms with van der Waals surface area (Å²) in [6, 6.07) is 0. The van der Waals surface area contributed by atoms with Gasteiger partial charge in [-0.3, -0.25) is 0 Å². The Morgan fingerprint density at radius 3 is 1.83 bits per heavy atom. The molecular formula is C2H11NaOSi2. The smallest absolute Gasteiger partial charge is 1.00 e. The van der Waals surface area contributed by atoms with Crippen molar-refractivity contribution in [2.75, 3.05) is 0 Å². The van der Waals surface area contributed by atoms with Crippen molar-refractivity contribution in [2.24, 2.45) is 0 Å². The molecule has 1 nitrogen and oxygen atoms in total. The summed E-state index contributed by atoms with van der Waals surface area (Å²) in [4.78, 5) is 0. The molecule has 0 bridgehead atoms. The number of rotatable bonds is 1. The average molecular weight is 130 g/mol. The second kappa shape index (κ2) is 6.39. The van der Waals surface area contributed by atoms with E-state index in [0.717, 1.165) is 10.5 Å². The van der Waals surface area contributed by atoms with Gasteiger partial charge in [-0.25, -0.2) is 0 Å². The third-order valence-corrected chi connectivity index (χ3v) is 4.24. The molecule has 0 aromatic carbocycles. The van der Waals surface area contributed by atoms with Crippen molar-refractivity contribution in [1.29, 1.82) is 0 Å². The molecule has 0 unspecified atom stereocenters. The molecule has 0 amide bonds. The van der Waals surface area contributed by atoms with Crippen LogP contribution >= 0.6 is 0 Å². The van der Waals surface area contributed by atoms with E-state index < -0.39 is 9.04 Å². The Hall–Kier alpha value is 1.39. The molecule has 0 rings (SSSR count). The van der Waals surface area contributed by atoms with Gasteiger partial charge in [0.25, 0.3) is 0 Å². The van der Waals surface area contributed by atoms with Gasteiger partial charge in [0.05, 0.1) is 0 Å². The van der Waals surface area contributed by atoms with E-state index in [9.17, 15) is 0 Å². The summed E-state index contributed by atoms with van der Waals surface area (Å²) in [5.74, 6) is 0. The molecule has 0 aliphatic carbocycles. The summed E-state index contributed by atoms with van der Waals surface area (Å²) in [6.07, 6.45) is 0. The molecule has 0 heterocycles. The molecule has 34 valence electrons. The predicted octanol–water partition coefficient (Wildman–Crippen LogP) is -3.62. The first kappa shape index (κ1) is 10.4. The zero-order valence-corrected chi connectivity index (χ0v) is 10.1. The van der Waals surface area contributed by atoms with Gasteiger partial charge in [0, 0.05) is 0 Å². The number of hydrogen-bond donors (Lipinski definition) is 0. The van der Waals surface area contributed by atoms with E-state index in [2.05, 4.69) is 13.1 Å². The summed E-state index contributed by atoms with van der Waals surface area (Å²) in [7, 11) is 0.347. The summed E-state index contributed by atoms with van der Waals surface area (Å²) in [5.41, 5.74) is 0. The zero-order chi connectivity index (χ0) is 4.28. The van der Waals surface area contributed by atoms with E-state index in [1.165, 1.54) is 0 Å². The predicted molar refractivity (Wildman–Crippen MR) is 31.0 cm³/mol. The maximum atomic E-state index is 5.03. The minimum atomic E-state index is -0.588. The van der Waals surface area contributed by atoms with Gasteiger partial charge in [-0.1, -0.05) is 0 Å². The van der Waals surface area contributed by atoms with Crippen molar-refractivity contribution >= 4 is 19.5 Å². The minimum absolute atomic E-state index is 0. The Balaban J connectivity index is -0.0000000800. The van der Waals surface area contributed by atoms with Gasteiger partial charge < -0.3 is 5.54 Å². The van der Waals surface area contributed by atoms with Crippen LogP contribution in [0.3, 0.4) is 0 Å². The average Bonchev–Trinajstić information content (AvgIpc) is 1.38. The summed E-state index contributed by atoms with van der Waals surface area (Å²) in [5, 5.41) is 0. The van der Waals surface area contributed by atoms with Gasteiger partial charge in [-0.2, -0.15) is 0 Å².